The largest absolute Gasteiger partial charge is 0.416 e. The summed E-state index contributed by atoms with van der Waals surface area (Å²) in [7, 11) is 1.31. The highest BCUT2D eigenvalue weighted by molar-refractivity contribution is 5.81. The van der Waals surface area contributed by atoms with Gasteiger partial charge in [0.2, 0.25) is 11.8 Å². The van der Waals surface area contributed by atoms with E-state index in [9.17, 15) is 40.3 Å². The molecule has 3 rings (SSSR count). The Morgan fingerprint density at radius 2 is 1.63 bits per heavy atom. The number of nitrogens with two attached hydrogens (primary N) is 1. The molecule has 3 atom stereocenters. The molecule has 38 heavy (non-hydrogen) atoms. The first-order chi connectivity index (χ1) is 17.5. The lowest BCUT2D eigenvalue weighted by Crippen LogP contribution is -2.51. The molecular weight excluding hydrogens is 519 g/mol. The molecule has 0 saturated carbocycles. The zero-order chi connectivity index (χ0) is 28.6. The third-order valence-electron chi connectivity index (χ3n) is 7.00. The number of piperidine rings is 1. The summed E-state index contributed by atoms with van der Waals surface area (Å²) in [5.74, 6) is -2.77. The van der Waals surface area contributed by atoms with Crippen molar-refractivity contribution in [3.8, 4) is 0 Å². The number of aryl methyl sites for hydroxylation is 1. The monoisotopic (exact) mass is 547 g/mol. The van der Waals surface area contributed by atoms with E-state index < -0.39 is 65.5 Å². The van der Waals surface area contributed by atoms with Gasteiger partial charge in [0.25, 0.3) is 0 Å². The van der Waals surface area contributed by atoms with Gasteiger partial charge >= 0.3 is 12.4 Å². The quantitative estimate of drug-likeness (QED) is 0.512. The summed E-state index contributed by atoms with van der Waals surface area (Å²) in [6.45, 7) is 3.34. The second-order valence-electron chi connectivity index (χ2n) is 9.68. The summed E-state index contributed by atoms with van der Waals surface area (Å²) in [4.78, 5) is 28.2. The maximum absolute atomic E-state index is 13.8. The molecule has 1 heterocycles. The van der Waals surface area contributed by atoms with E-state index in [-0.39, 0.29) is 24.6 Å². The number of carbonyl (C=O) groups excluding carboxylic acids is 2. The highest BCUT2D eigenvalue weighted by Crippen LogP contribution is 2.38. The lowest BCUT2D eigenvalue weighted by molar-refractivity contribution is -0.143. The highest BCUT2D eigenvalue weighted by Gasteiger charge is 2.40. The number of primary amides is 1. The van der Waals surface area contributed by atoms with Crippen molar-refractivity contribution in [1.82, 2.24) is 9.80 Å². The first-order valence-electron chi connectivity index (χ1n) is 11.8. The molecule has 0 spiro atoms. The first kappa shape index (κ1) is 29.4. The number of alkyl halides is 6. The van der Waals surface area contributed by atoms with E-state index in [1.54, 1.807) is 18.7 Å². The Bertz CT molecular complexity index is 1160. The normalized spacial score (nSPS) is 19.7. The summed E-state index contributed by atoms with van der Waals surface area (Å²) < 4.78 is 93.4. The van der Waals surface area contributed by atoms with Gasteiger partial charge in [-0.25, -0.2) is 4.39 Å². The molecule has 1 saturated heterocycles. The van der Waals surface area contributed by atoms with Gasteiger partial charge in [-0.15, -0.1) is 0 Å². The van der Waals surface area contributed by atoms with Crippen molar-refractivity contribution >= 4 is 11.8 Å². The van der Waals surface area contributed by atoms with Gasteiger partial charge in [0.05, 0.1) is 17.2 Å². The Morgan fingerprint density at radius 3 is 2.13 bits per heavy atom. The molecule has 2 aromatic rings. The molecule has 0 aliphatic carbocycles. The number of rotatable bonds is 6. The van der Waals surface area contributed by atoms with E-state index in [2.05, 4.69) is 0 Å². The average Bonchev–Trinajstić information content (AvgIpc) is 2.81. The van der Waals surface area contributed by atoms with Crippen LogP contribution in [-0.2, 0) is 28.5 Å². The Morgan fingerprint density at radius 1 is 1.05 bits per heavy atom. The minimum absolute atomic E-state index is 0.0360. The van der Waals surface area contributed by atoms with E-state index in [1.807, 2.05) is 0 Å². The molecule has 1 fully saturated rings. The van der Waals surface area contributed by atoms with Crippen molar-refractivity contribution in [2.75, 3.05) is 20.1 Å². The van der Waals surface area contributed by atoms with Gasteiger partial charge in [-0.05, 0) is 73.8 Å². The zero-order valence-electron chi connectivity index (χ0n) is 21.0. The molecule has 0 bridgehead atoms. The van der Waals surface area contributed by atoms with Gasteiger partial charge in [0, 0.05) is 32.0 Å². The van der Waals surface area contributed by atoms with Crippen molar-refractivity contribution in [2.24, 2.45) is 11.7 Å². The molecule has 0 aromatic heterocycles. The fraction of sp³-hybridized carbons (Fsp3) is 0.462. The summed E-state index contributed by atoms with van der Waals surface area (Å²) in [6.07, 6.45) is -9.76. The molecule has 2 aromatic carbocycles. The number of carbonyl (C=O) groups is 2. The van der Waals surface area contributed by atoms with Gasteiger partial charge in [0.15, 0.2) is 0 Å². The molecule has 5 nitrogen and oxygen atoms in total. The zero-order valence-corrected chi connectivity index (χ0v) is 21.0. The van der Waals surface area contributed by atoms with Gasteiger partial charge in [-0.2, -0.15) is 26.3 Å². The van der Waals surface area contributed by atoms with Crippen LogP contribution in [0.3, 0.4) is 0 Å². The summed E-state index contributed by atoms with van der Waals surface area (Å²) >= 11 is 0. The van der Waals surface area contributed by atoms with Crippen molar-refractivity contribution in [3.05, 3.63) is 70.0 Å². The predicted molar refractivity (Wildman–Crippen MR) is 125 cm³/mol. The van der Waals surface area contributed by atoms with Crippen molar-refractivity contribution in [2.45, 2.75) is 51.1 Å². The molecule has 208 valence electrons. The number of amides is 2. The third-order valence-corrected chi connectivity index (χ3v) is 7.00. The second-order valence-corrected chi connectivity index (χ2v) is 9.68. The Balaban J connectivity index is 1.93. The van der Waals surface area contributed by atoms with Gasteiger partial charge in [-0.3, -0.25) is 14.5 Å². The summed E-state index contributed by atoms with van der Waals surface area (Å²) in [6, 6.07) is 4.67. The molecular formula is C26H28F7N3O2. The lowest BCUT2D eigenvalue weighted by Gasteiger charge is -2.41. The SMILES string of the molecule is Cc1cc(F)ccc1[C@@H]1CN(C(C)C(N)=O)CC[C@H]1C(=O)N(C)Cc1cc(C(F)(F)F)cc(C(F)(F)F)c1. The number of nitrogens with zero attached hydrogens (tertiary/aromatic N) is 2. The van der Waals surface area contributed by atoms with E-state index in [4.69, 9.17) is 5.73 Å². The van der Waals surface area contributed by atoms with Crippen LogP contribution in [0.2, 0.25) is 0 Å². The van der Waals surface area contributed by atoms with Gasteiger partial charge < -0.3 is 10.6 Å². The van der Waals surface area contributed by atoms with Gasteiger partial charge in [-0.1, -0.05) is 6.07 Å². The average molecular weight is 548 g/mol. The molecule has 1 unspecified atom stereocenters. The first-order valence-corrected chi connectivity index (χ1v) is 11.8. The maximum atomic E-state index is 13.8. The smallest absolute Gasteiger partial charge is 0.368 e. The molecule has 2 amide bonds. The van der Waals surface area contributed by atoms with E-state index in [1.165, 1.54) is 25.2 Å². The Kier molecular flexibility index (Phi) is 8.45. The van der Waals surface area contributed by atoms with E-state index in [0.717, 1.165) is 4.90 Å². The number of hydrogen-bond donors (Lipinski definition) is 1. The van der Waals surface area contributed by atoms with Crippen LogP contribution < -0.4 is 5.73 Å². The molecule has 12 heteroatoms. The predicted octanol–water partition coefficient (Wildman–Crippen LogP) is 5.11. The van der Waals surface area contributed by atoms with Crippen LogP contribution in [0, 0.1) is 18.7 Å². The molecule has 1 aliphatic heterocycles. The van der Waals surface area contributed by atoms with Crippen LogP contribution in [0.4, 0.5) is 30.7 Å². The lowest BCUT2D eigenvalue weighted by atomic mass is 9.78. The summed E-state index contributed by atoms with van der Waals surface area (Å²) in [5, 5.41) is 0. The summed E-state index contributed by atoms with van der Waals surface area (Å²) in [5.41, 5.74) is 3.42. The Labute approximate surface area is 215 Å². The standard InChI is InChI=1S/C26H28F7N3O2/c1-14-8-19(27)4-5-20(14)22-13-36(15(2)23(34)37)7-6-21(22)24(38)35(3)12-16-9-17(25(28,29)30)11-18(10-16)26(31,32)33/h4-5,8-11,15,21-22H,6-7,12-13H2,1-3H3,(H2,34,37)/t15?,21-,22+/m1/s1. The van der Waals surface area contributed by atoms with Crippen LogP contribution in [0.1, 0.15) is 47.1 Å². The van der Waals surface area contributed by atoms with Crippen LogP contribution in [0.25, 0.3) is 0 Å². The second kappa shape index (κ2) is 10.9. The number of benzene rings is 2. The van der Waals surface area contributed by atoms with Crippen molar-refractivity contribution in [3.63, 3.8) is 0 Å². The van der Waals surface area contributed by atoms with Crippen LogP contribution >= 0.6 is 0 Å². The fourth-order valence-electron chi connectivity index (χ4n) is 4.92. The highest BCUT2D eigenvalue weighted by atomic mass is 19.4. The van der Waals surface area contributed by atoms with Gasteiger partial charge in [0.1, 0.15) is 5.82 Å². The van der Waals surface area contributed by atoms with Crippen molar-refractivity contribution in [1.29, 1.82) is 0 Å². The van der Waals surface area contributed by atoms with Crippen LogP contribution in [0.15, 0.2) is 36.4 Å². The minimum atomic E-state index is -5.01. The number of hydrogen-bond acceptors (Lipinski definition) is 3. The third kappa shape index (κ3) is 6.64. The number of halogens is 7. The van der Waals surface area contributed by atoms with Crippen LogP contribution in [0.5, 0.6) is 0 Å². The van der Waals surface area contributed by atoms with E-state index in [0.29, 0.717) is 29.8 Å². The van der Waals surface area contributed by atoms with E-state index >= 15 is 0 Å². The molecule has 0 radical (unpaired) electrons. The molecule has 2 N–H and O–H groups in total. The number of likely N-dealkylation sites (tertiary alicyclic amines) is 1. The van der Waals surface area contributed by atoms with Crippen LogP contribution in [-0.4, -0.2) is 47.8 Å². The topological polar surface area (TPSA) is 66.6 Å². The maximum Gasteiger partial charge on any atom is 0.416 e. The van der Waals surface area contributed by atoms with Crippen molar-refractivity contribution < 1.29 is 40.3 Å². The molecule has 1 aliphatic rings. The minimum Gasteiger partial charge on any atom is -0.368 e. The fourth-order valence-corrected chi connectivity index (χ4v) is 4.92. The Hall–Kier alpha value is -3.15.